The molecule has 0 atom stereocenters. The lowest BCUT2D eigenvalue weighted by atomic mass is 9.73. The van der Waals surface area contributed by atoms with Crippen molar-refractivity contribution in [2.75, 3.05) is 19.6 Å². The van der Waals surface area contributed by atoms with Gasteiger partial charge in [-0.15, -0.1) is 0 Å². The molecule has 102 valence electrons. The van der Waals surface area contributed by atoms with Crippen LogP contribution in [-0.2, 0) is 11.3 Å². The minimum absolute atomic E-state index is 0.266. The predicted molar refractivity (Wildman–Crippen MR) is 71.2 cm³/mol. The Labute approximate surface area is 113 Å². The summed E-state index contributed by atoms with van der Waals surface area (Å²) in [7, 11) is 0. The molecule has 1 aromatic rings. The molecule has 0 bridgehead atoms. The molecule has 3 rings (SSSR count). The first kappa shape index (κ1) is 12.5. The number of nitrogens with one attached hydrogen (secondary N) is 1. The Morgan fingerprint density at radius 3 is 2.89 bits per heavy atom. The average molecular weight is 260 g/mol. The van der Waals surface area contributed by atoms with Crippen LogP contribution < -0.4 is 5.32 Å². The van der Waals surface area contributed by atoms with Crippen molar-refractivity contribution >= 4 is 5.91 Å². The highest BCUT2D eigenvalue weighted by Gasteiger charge is 2.39. The van der Waals surface area contributed by atoms with Crippen LogP contribution in [0, 0.1) is 5.41 Å². The zero-order valence-corrected chi connectivity index (χ0v) is 11.1. The van der Waals surface area contributed by atoms with E-state index in [1.165, 1.54) is 12.8 Å². The quantitative estimate of drug-likeness (QED) is 0.861. The molecule has 3 heterocycles. The molecule has 1 N–H and O–H groups in total. The summed E-state index contributed by atoms with van der Waals surface area (Å²) in [5.74, 6) is 0.266. The second-order valence-corrected chi connectivity index (χ2v) is 5.70. The summed E-state index contributed by atoms with van der Waals surface area (Å²) in [5, 5.41) is 3.41. The lowest BCUT2D eigenvalue weighted by Crippen LogP contribution is -2.50. The normalized spacial score (nSPS) is 22.7. The third kappa shape index (κ3) is 2.76. The van der Waals surface area contributed by atoms with Gasteiger partial charge in [0.1, 0.15) is 6.33 Å². The molecule has 0 saturated carbocycles. The van der Waals surface area contributed by atoms with Crippen LogP contribution in [0.5, 0.6) is 0 Å². The molecular formula is C14H20N4O. The molecule has 1 aromatic heterocycles. The first-order valence-electron chi connectivity index (χ1n) is 7.01. The summed E-state index contributed by atoms with van der Waals surface area (Å²) in [5.41, 5.74) is 1.26. The van der Waals surface area contributed by atoms with Gasteiger partial charge in [0.05, 0.1) is 12.2 Å². The van der Waals surface area contributed by atoms with Crippen molar-refractivity contribution in [3.63, 3.8) is 0 Å². The minimum Gasteiger partial charge on any atom is -0.336 e. The van der Waals surface area contributed by atoms with Crippen molar-refractivity contribution in [2.24, 2.45) is 5.41 Å². The van der Waals surface area contributed by atoms with Gasteiger partial charge in [-0.2, -0.15) is 0 Å². The standard InChI is InChI=1S/C14H20N4O/c19-13-1-3-14(4-7-15-8-5-14)10-18(13)9-12-2-6-16-11-17-12/h2,6,11,15H,1,3-5,7-10H2. The molecule has 0 aliphatic carbocycles. The number of piperidine rings is 2. The zero-order chi connectivity index (χ0) is 13.1. The molecule has 0 aromatic carbocycles. The van der Waals surface area contributed by atoms with Crippen LogP contribution in [0.3, 0.4) is 0 Å². The van der Waals surface area contributed by atoms with Crippen LogP contribution in [0.2, 0.25) is 0 Å². The van der Waals surface area contributed by atoms with E-state index in [4.69, 9.17) is 0 Å². The average Bonchev–Trinajstić information content (AvgIpc) is 2.45. The van der Waals surface area contributed by atoms with E-state index in [0.29, 0.717) is 18.4 Å². The van der Waals surface area contributed by atoms with Gasteiger partial charge in [-0.25, -0.2) is 9.97 Å². The fourth-order valence-corrected chi connectivity index (χ4v) is 3.22. The maximum atomic E-state index is 12.1. The van der Waals surface area contributed by atoms with Gasteiger partial charge in [-0.1, -0.05) is 0 Å². The van der Waals surface area contributed by atoms with Gasteiger partial charge in [-0.3, -0.25) is 4.79 Å². The van der Waals surface area contributed by atoms with Crippen LogP contribution in [0.4, 0.5) is 0 Å². The largest absolute Gasteiger partial charge is 0.336 e. The van der Waals surface area contributed by atoms with E-state index < -0.39 is 0 Å². The van der Waals surface area contributed by atoms with Crippen LogP contribution in [0.1, 0.15) is 31.4 Å². The van der Waals surface area contributed by atoms with Gasteiger partial charge in [-0.05, 0) is 43.8 Å². The Hall–Kier alpha value is -1.49. The van der Waals surface area contributed by atoms with Crippen molar-refractivity contribution < 1.29 is 4.79 Å². The molecule has 1 spiro atoms. The number of nitrogens with zero attached hydrogens (tertiary/aromatic N) is 3. The molecule has 2 fully saturated rings. The van der Waals surface area contributed by atoms with Gasteiger partial charge in [0, 0.05) is 19.2 Å². The van der Waals surface area contributed by atoms with Crippen LogP contribution in [-0.4, -0.2) is 40.4 Å². The summed E-state index contributed by atoms with van der Waals surface area (Å²) in [6.45, 7) is 3.67. The third-order valence-corrected chi connectivity index (χ3v) is 4.41. The predicted octanol–water partition coefficient (Wildman–Crippen LogP) is 0.969. The first-order valence-corrected chi connectivity index (χ1v) is 7.01. The molecule has 2 saturated heterocycles. The fraction of sp³-hybridized carbons (Fsp3) is 0.643. The second-order valence-electron chi connectivity index (χ2n) is 5.70. The molecule has 5 heteroatoms. The number of carbonyl (C=O) groups excluding carboxylic acids is 1. The number of rotatable bonds is 2. The lowest BCUT2D eigenvalue weighted by molar-refractivity contribution is -0.139. The zero-order valence-electron chi connectivity index (χ0n) is 11.1. The number of amides is 1. The number of hydrogen-bond donors (Lipinski definition) is 1. The van der Waals surface area contributed by atoms with E-state index in [1.54, 1.807) is 12.5 Å². The number of carbonyl (C=O) groups is 1. The second kappa shape index (κ2) is 5.25. The van der Waals surface area contributed by atoms with E-state index >= 15 is 0 Å². The maximum absolute atomic E-state index is 12.1. The summed E-state index contributed by atoms with van der Waals surface area (Å²) in [6.07, 6.45) is 7.38. The Balaban J connectivity index is 1.71. The van der Waals surface area contributed by atoms with Gasteiger partial charge in [0.2, 0.25) is 5.91 Å². The summed E-state index contributed by atoms with van der Waals surface area (Å²) < 4.78 is 0. The lowest BCUT2D eigenvalue weighted by Gasteiger charge is -2.45. The van der Waals surface area contributed by atoms with E-state index in [-0.39, 0.29) is 5.91 Å². The van der Waals surface area contributed by atoms with E-state index in [0.717, 1.165) is 31.7 Å². The maximum Gasteiger partial charge on any atom is 0.222 e. The molecule has 2 aliphatic rings. The van der Waals surface area contributed by atoms with Crippen molar-refractivity contribution in [1.82, 2.24) is 20.2 Å². The van der Waals surface area contributed by atoms with Gasteiger partial charge in [0.25, 0.3) is 0 Å². The van der Waals surface area contributed by atoms with E-state index in [1.807, 2.05) is 11.0 Å². The highest BCUT2D eigenvalue weighted by atomic mass is 16.2. The minimum atomic E-state index is 0.266. The Morgan fingerprint density at radius 1 is 1.32 bits per heavy atom. The van der Waals surface area contributed by atoms with Crippen LogP contribution in [0.15, 0.2) is 18.6 Å². The highest BCUT2D eigenvalue weighted by molar-refractivity contribution is 5.77. The van der Waals surface area contributed by atoms with Crippen molar-refractivity contribution in [3.05, 3.63) is 24.3 Å². The smallest absolute Gasteiger partial charge is 0.222 e. The van der Waals surface area contributed by atoms with Gasteiger partial charge >= 0.3 is 0 Å². The Kier molecular flexibility index (Phi) is 3.46. The molecule has 19 heavy (non-hydrogen) atoms. The fourth-order valence-electron chi connectivity index (χ4n) is 3.22. The summed E-state index contributed by atoms with van der Waals surface area (Å²) >= 11 is 0. The van der Waals surface area contributed by atoms with E-state index in [2.05, 4.69) is 15.3 Å². The third-order valence-electron chi connectivity index (χ3n) is 4.41. The summed E-state index contributed by atoms with van der Waals surface area (Å²) in [4.78, 5) is 22.2. The first-order chi connectivity index (χ1) is 9.27. The topological polar surface area (TPSA) is 58.1 Å². The molecule has 1 amide bonds. The van der Waals surface area contributed by atoms with Gasteiger partial charge in [0.15, 0.2) is 0 Å². The number of aromatic nitrogens is 2. The summed E-state index contributed by atoms with van der Waals surface area (Å²) in [6, 6.07) is 1.89. The SMILES string of the molecule is O=C1CCC2(CCNCC2)CN1Cc1ccncn1. The van der Waals surface area contributed by atoms with Crippen molar-refractivity contribution in [2.45, 2.75) is 32.2 Å². The molecule has 2 aliphatic heterocycles. The van der Waals surface area contributed by atoms with Crippen LogP contribution >= 0.6 is 0 Å². The van der Waals surface area contributed by atoms with Crippen molar-refractivity contribution in [1.29, 1.82) is 0 Å². The van der Waals surface area contributed by atoms with Crippen molar-refractivity contribution in [3.8, 4) is 0 Å². The number of likely N-dealkylation sites (tertiary alicyclic amines) is 1. The highest BCUT2D eigenvalue weighted by Crippen LogP contribution is 2.38. The molecule has 0 radical (unpaired) electrons. The van der Waals surface area contributed by atoms with Gasteiger partial charge < -0.3 is 10.2 Å². The number of hydrogen-bond acceptors (Lipinski definition) is 4. The van der Waals surface area contributed by atoms with E-state index in [9.17, 15) is 4.79 Å². The molecule has 0 unspecified atom stereocenters. The molecule has 5 nitrogen and oxygen atoms in total. The van der Waals surface area contributed by atoms with Crippen LogP contribution in [0.25, 0.3) is 0 Å². The Morgan fingerprint density at radius 2 is 2.16 bits per heavy atom. The molecular weight excluding hydrogens is 240 g/mol. The Bertz CT molecular complexity index is 442. The monoisotopic (exact) mass is 260 g/mol.